The van der Waals surface area contributed by atoms with Gasteiger partial charge in [0.2, 0.25) is 23.6 Å². The number of carbonyl (C=O) groups excluding carboxylic acids is 4. The second-order valence-corrected chi connectivity index (χ2v) is 5.47. The Labute approximate surface area is 159 Å². The molecule has 9 N–H and O–H groups in total. The Bertz CT molecular complexity index is 561. The van der Waals surface area contributed by atoms with Crippen molar-refractivity contribution in [2.45, 2.75) is 18.1 Å². The van der Waals surface area contributed by atoms with E-state index in [1.54, 1.807) is 0 Å². The molecule has 0 aliphatic carbocycles. The van der Waals surface area contributed by atoms with Crippen LogP contribution in [0.15, 0.2) is 0 Å². The third kappa shape index (κ3) is 9.18. The number of carboxylic acids is 1. The molecular weight excluding hydrogens is 386 g/mol. The number of thiol groups is 1. The summed E-state index contributed by atoms with van der Waals surface area (Å²) >= 11 is 3.76. The van der Waals surface area contributed by atoms with E-state index < -0.39 is 74.0 Å². The first-order chi connectivity index (χ1) is 12.7. The third-order valence-electron chi connectivity index (χ3n) is 3.07. The minimum Gasteiger partial charge on any atom is -0.480 e. The van der Waals surface area contributed by atoms with Gasteiger partial charge in [0.25, 0.3) is 0 Å². The Morgan fingerprint density at radius 2 is 1.37 bits per heavy atom. The summed E-state index contributed by atoms with van der Waals surface area (Å²) in [4.78, 5) is 57.4. The lowest BCUT2D eigenvalue weighted by Gasteiger charge is -2.19. The smallest absolute Gasteiger partial charge is 0.327 e. The molecule has 13 nitrogen and oxygen atoms in total. The van der Waals surface area contributed by atoms with Gasteiger partial charge in [0.1, 0.15) is 18.1 Å². The van der Waals surface area contributed by atoms with Crippen LogP contribution >= 0.6 is 12.6 Å². The fourth-order valence-corrected chi connectivity index (χ4v) is 1.88. The topological polar surface area (TPSA) is 220 Å². The van der Waals surface area contributed by atoms with Crippen LogP contribution in [0.4, 0.5) is 0 Å². The molecule has 0 aromatic heterocycles. The van der Waals surface area contributed by atoms with E-state index in [2.05, 4.69) is 33.9 Å². The van der Waals surface area contributed by atoms with Crippen molar-refractivity contribution in [3.8, 4) is 0 Å². The van der Waals surface area contributed by atoms with Gasteiger partial charge in [-0.25, -0.2) is 4.79 Å². The van der Waals surface area contributed by atoms with E-state index in [1.165, 1.54) is 0 Å². The van der Waals surface area contributed by atoms with Gasteiger partial charge in [0, 0.05) is 5.75 Å². The van der Waals surface area contributed by atoms with Crippen LogP contribution in [-0.2, 0) is 24.0 Å². The van der Waals surface area contributed by atoms with E-state index in [-0.39, 0.29) is 5.75 Å². The fraction of sp³-hybridized carbons (Fsp3) is 0.615. The first-order valence-electron chi connectivity index (χ1n) is 7.62. The molecule has 0 unspecified atom stereocenters. The number of aliphatic hydroxyl groups is 2. The van der Waals surface area contributed by atoms with Gasteiger partial charge < -0.3 is 42.3 Å². The average Bonchev–Trinajstić information content (AvgIpc) is 2.65. The zero-order valence-electron chi connectivity index (χ0n) is 14.2. The summed E-state index contributed by atoms with van der Waals surface area (Å²) in [7, 11) is 0. The Morgan fingerprint density at radius 1 is 0.852 bits per heavy atom. The van der Waals surface area contributed by atoms with E-state index >= 15 is 0 Å². The van der Waals surface area contributed by atoms with E-state index in [1.807, 2.05) is 0 Å². The lowest BCUT2D eigenvalue weighted by molar-refractivity contribution is -0.141. The monoisotopic (exact) mass is 409 g/mol. The van der Waals surface area contributed by atoms with Gasteiger partial charge in [-0.1, -0.05) is 0 Å². The minimum atomic E-state index is -1.46. The second-order valence-electron chi connectivity index (χ2n) is 5.11. The van der Waals surface area contributed by atoms with Crippen LogP contribution in [-0.4, -0.2) is 95.1 Å². The molecule has 0 saturated heterocycles. The fourth-order valence-electron chi connectivity index (χ4n) is 1.64. The van der Waals surface area contributed by atoms with Crippen molar-refractivity contribution in [1.29, 1.82) is 0 Å². The summed E-state index contributed by atoms with van der Waals surface area (Å²) in [6, 6.07) is -4.10. The van der Waals surface area contributed by atoms with E-state index in [4.69, 9.17) is 15.9 Å². The molecule has 0 aromatic carbocycles. The normalized spacial score (nSPS) is 13.6. The van der Waals surface area contributed by atoms with Crippen molar-refractivity contribution in [3.05, 3.63) is 0 Å². The Hall–Kier alpha value is -2.42. The van der Waals surface area contributed by atoms with Crippen molar-refractivity contribution in [1.82, 2.24) is 21.3 Å². The molecule has 0 aliphatic rings. The third-order valence-corrected chi connectivity index (χ3v) is 3.44. The predicted molar refractivity (Wildman–Crippen MR) is 93.5 cm³/mol. The lowest BCUT2D eigenvalue weighted by Crippen LogP contribution is -2.56. The Kier molecular flexibility index (Phi) is 11.7. The van der Waals surface area contributed by atoms with Gasteiger partial charge in [0.05, 0.1) is 26.3 Å². The number of hydrogen-bond donors (Lipinski definition) is 9. The number of aliphatic hydroxyl groups excluding tert-OH is 2. The maximum Gasteiger partial charge on any atom is 0.327 e. The van der Waals surface area contributed by atoms with Gasteiger partial charge in [0.15, 0.2) is 0 Å². The van der Waals surface area contributed by atoms with Crippen LogP contribution in [0.3, 0.4) is 0 Å². The zero-order chi connectivity index (χ0) is 21.0. The summed E-state index contributed by atoms with van der Waals surface area (Å²) in [5.74, 6) is -4.95. The maximum absolute atomic E-state index is 11.9. The molecule has 4 amide bonds. The summed E-state index contributed by atoms with van der Waals surface area (Å²) in [6.45, 7) is -2.59. The van der Waals surface area contributed by atoms with Crippen molar-refractivity contribution in [3.63, 3.8) is 0 Å². The highest BCUT2D eigenvalue weighted by Crippen LogP contribution is 1.92. The lowest BCUT2D eigenvalue weighted by atomic mass is 10.2. The number of nitrogens with one attached hydrogen (secondary N) is 4. The Morgan fingerprint density at radius 3 is 1.81 bits per heavy atom. The number of nitrogens with two attached hydrogens (primary N) is 1. The number of rotatable bonds is 12. The second kappa shape index (κ2) is 12.9. The SMILES string of the molecule is NCC(=O)N[C@@H](CO)C(=O)NCC(=O)N[C@@H](CO)C(=O)N[C@@H](CS)C(=O)O. The van der Waals surface area contributed by atoms with Crippen LogP contribution in [0.1, 0.15) is 0 Å². The van der Waals surface area contributed by atoms with Crippen molar-refractivity contribution in [2.24, 2.45) is 5.73 Å². The maximum atomic E-state index is 11.9. The number of amides is 4. The summed E-state index contributed by atoms with van der Waals surface area (Å²) < 4.78 is 0. The van der Waals surface area contributed by atoms with E-state index in [0.29, 0.717) is 0 Å². The zero-order valence-corrected chi connectivity index (χ0v) is 15.1. The summed E-state index contributed by atoms with van der Waals surface area (Å²) in [5, 5.41) is 35.5. The van der Waals surface area contributed by atoms with Crippen LogP contribution < -0.4 is 27.0 Å². The van der Waals surface area contributed by atoms with Gasteiger partial charge in [-0.05, 0) is 0 Å². The largest absolute Gasteiger partial charge is 0.480 e. The van der Waals surface area contributed by atoms with Crippen LogP contribution in [0.2, 0.25) is 0 Å². The molecule has 0 fully saturated rings. The van der Waals surface area contributed by atoms with Crippen LogP contribution in [0.25, 0.3) is 0 Å². The van der Waals surface area contributed by atoms with Crippen LogP contribution in [0, 0.1) is 0 Å². The highest BCUT2D eigenvalue weighted by molar-refractivity contribution is 7.80. The molecule has 0 heterocycles. The molecule has 0 rings (SSSR count). The Balaban J connectivity index is 4.59. The van der Waals surface area contributed by atoms with Gasteiger partial charge in [-0.3, -0.25) is 19.2 Å². The van der Waals surface area contributed by atoms with Crippen molar-refractivity contribution >= 4 is 42.2 Å². The molecule has 0 saturated carbocycles. The molecular formula is C13H23N5O8S. The molecule has 0 radical (unpaired) electrons. The minimum absolute atomic E-state index is 0.208. The number of aliphatic carboxylic acids is 1. The quantitative estimate of drug-likeness (QED) is 0.140. The molecule has 14 heteroatoms. The molecule has 0 aliphatic heterocycles. The highest BCUT2D eigenvalue weighted by atomic mass is 32.1. The van der Waals surface area contributed by atoms with Gasteiger partial charge in [-0.15, -0.1) is 0 Å². The van der Waals surface area contributed by atoms with Crippen molar-refractivity contribution < 1.29 is 39.3 Å². The summed E-state index contributed by atoms with van der Waals surface area (Å²) in [5.41, 5.74) is 5.07. The standard InChI is InChI=1S/C13H23N5O8S/c14-1-9(21)16-6(3-19)11(23)15-2-10(22)17-7(4-20)12(24)18-8(5-27)13(25)26/h6-8,19-20,27H,1-5,14H2,(H,15,23)(H,16,21)(H,17,22)(H,18,24)(H,25,26)/t6-,7-,8-/m0/s1. The molecule has 27 heavy (non-hydrogen) atoms. The van der Waals surface area contributed by atoms with Gasteiger partial charge >= 0.3 is 5.97 Å². The van der Waals surface area contributed by atoms with E-state index in [9.17, 15) is 29.1 Å². The molecule has 3 atom stereocenters. The van der Waals surface area contributed by atoms with E-state index in [0.717, 1.165) is 0 Å². The first-order valence-corrected chi connectivity index (χ1v) is 8.25. The number of carboxylic acid groups (broad SMARTS) is 1. The molecule has 0 spiro atoms. The van der Waals surface area contributed by atoms with Gasteiger partial charge in [-0.2, -0.15) is 12.6 Å². The molecule has 0 bridgehead atoms. The average molecular weight is 409 g/mol. The van der Waals surface area contributed by atoms with Crippen LogP contribution in [0.5, 0.6) is 0 Å². The molecule has 154 valence electrons. The first kappa shape index (κ1) is 24.6. The summed E-state index contributed by atoms with van der Waals surface area (Å²) in [6.07, 6.45) is 0. The highest BCUT2D eigenvalue weighted by Gasteiger charge is 2.26. The number of carbonyl (C=O) groups is 5. The predicted octanol–water partition coefficient (Wildman–Crippen LogP) is -5.49. The molecule has 0 aromatic rings. The number of hydrogen-bond acceptors (Lipinski definition) is 9. The van der Waals surface area contributed by atoms with Crippen molar-refractivity contribution in [2.75, 3.05) is 32.1 Å².